The number of Topliss-reactive ketones (excluding diaryl/α,β-unsaturated/α-hetero) is 1. The van der Waals surface area contributed by atoms with E-state index in [-0.39, 0.29) is 11.7 Å². The third-order valence-electron chi connectivity index (χ3n) is 4.67. The molecule has 2 aliphatic carbocycles. The fraction of sp³-hybridized carbons (Fsp3) is 0.368. The Balaban J connectivity index is 1.41. The average Bonchev–Trinajstić information content (AvgIpc) is 3.45. The van der Waals surface area contributed by atoms with Crippen molar-refractivity contribution in [3.63, 3.8) is 0 Å². The number of amides is 1. The first-order valence-corrected chi connectivity index (χ1v) is 8.46. The summed E-state index contributed by atoms with van der Waals surface area (Å²) in [6.45, 7) is 0.354. The summed E-state index contributed by atoms with van der Waals surface area (Å²) in [5, 5.41) is 2.87. The van der Waals surface area contributed by atoms with Gasteiger partial charge in [0.25, 0.3) is 5.91 Å². The molecule has 4 rings (SSSR count). The van der Waals surface area contributed by atoms with Crippen LogP contribution in [0.4, 0.5) is 0 Å². The summed E-state index contributed by atoms with van der Waals surface area (Å²) in [5.41, 5.74) is 4.13. The van der Waals surface area contributed by atoms with Crippen molar-refractivity contribution in [2.24, 2.45) is 0 Å². The Hall–Kier alpha value is -2.56. The maximum absolute atomic E-state index is 12.3. The van der Waals surface area contributed by atoms with Crippen LogP contribution in [0.2, 0.25) is 0 Å². The summed E-state index contributed by atoms with van der Waals surface area (Å²) >= 11 is 0. The van der Waals surface area contributed by atoms with E-state index in [0.717, 1.165) is 35.4 Å². The molecule has 0 bridgehead atoms. The second-order valence-electron chi connectivity index (χ2n) is 6.54. The number of hydrogen-bond acceptors (Lipinski definition) is 4. The molecule has 0 aliphatic heterocycles. The Morgan fingerprint density at radius 3 is 2.79 bits per heavy atom. The number of aryl methyl sites for hydroxylation is 1. The van der Waals surface area contributed by atoms with Crippen molar-refractivity contribution in [3.8, 4) is 0 Å². The van der Waals surface area contributed by atoms with Crippen molar-refractivity contribution in [1.29, 1.82) is 0 Å². The number of aromatic nitrogens is 2. The van der Waals surface area contributed by atoms with E-state index in [9.17, 15) is 9.59 Å². The van der Waals surface area contributed by atoms with E-state index < -0.39 is 0 Å². The number of carbonyl (C=O) groups excluding carboxylic acids is 2. The molecule has 1 amide bonds. The summed E-state index contributed by atoms with van der Waals surface area (Å²) in [6.07, 6.45) is 8.27. The number of nitrogens with zero attached hydrogens (tertiary/aromatic N) is 2. The molecule has 0 atom stereocenters. The van der Waals surface area contributed by atoms with E-state index in [1.54, 1.807) is 18.3 Å². The van der Waals surface area contributed by atoms with Gasteiger partial charge >= 0.3 is 0 Å². The van der Waals surface area contributed by atoms with Gasteiger partial charge in [0.2, 0.25) is 0 Å². The second kappa shape index (κ2) is 6.15. The lowest BCUT2D eigenvalue weighted by molar-refractivity contribution is 0.0944. The van der Waals surface area contributed by atoms with Crippen LogP contribution >= 0.6 is 0 Å². The largest absolute Gasteiger partial charge is 0.346 e. The Labute approximate surface area is 140 Å². The van der Waals surface area contributed by atoms with Crippen LogP contribution in [0.3, 0.4) is 0 Å². The number of fused-ring (bicyclic) bond motifs is 1. The van der Waals surface area contributed by atoms with E-state index >= 15 is 0 Å². The predicted molar refractivity (Wildman–Crippen MR) is 88.9 cm³/mol. The Morgan fingerprint density at radius 2 is 2.04 bits per heavy atom. The molecule has 1 aromatic carbocycles. The first-order chi connectivity index (χ1) is 11.7. The zero-order valence-electron chi connectivity index (χ0n) is 13.4. The molecule has 5 heteroatoms. The standard InChI is InChI=1S/C19H19N3O2/c23-18-3-1-2-13-8-14(6-7-16(13)18)19(24)22-10-15-9-21-17(11-20-15)12-4-5-12/h6-9,11-12H,1-5,10H2,(H,22,24). The number of benzene rings is 1. The maximum atomic E-state index is 12.3. The van der Waals surface area contributed by atoms with Gasteiger partial charge in [-0.3, -0.25) is 19.6 Å². The van der Waals surface area contributed by atoms with E-state index in [0.29, 0.717) is 24.4 Å². The normalized spacial score (nSPS) is 16.6. The van der Waals surface area contributed by atoms with Gasteiger partial charge in [-0.15, -0.1) is 0 Å². The lowest BCUT2D eigenvalue weighted by Crippen LogP contribution is -2.24. The van der Waals surface area contributed by atoms with Gasteiger partial charge < -0.3 is 5.32 Å². The lowest BCUT2D eigenvalue weighted by atomic mass is 9.89. The average molecular weight is 321 g/mol. The van der Waals surface area contributed by atoms with Crippen LogP contribution < -0.4 is 5.32 Å². The molecule has 0 saturated heterocycles. The van der Waals surface area contributed by atoms with Gasteiger partial charge in [0.05, 0.1) is 24.1 Å². The van der Waals surface area contributed by atoms with Gasteiger partial charge in [-0.1, -0.05) is 6.07 Å². The van der Waals surface area contributed by atoms with Gasteiger partial charge in [0.1, 0.15) is 0 Å². The lowest BCUT2D eigenvalue weighted by Gasteiger charge is -2.15. The molecule has 1 saturated carbocycles. The molecule has 0 unspecified atom stereocenters. The fourth-order valence-electron chi connectivity index (χ4n) is 3.11. The minimum Gasteiger partial charge on any atom is -0.346 e. The monoisotopic (exact) mass is 321 g/mol. The molecule has 0 spiro atoms. The van der Waals surface area contributed by atoms with Gasteiger partial charge in [-0.2, -0.15) is 0 Å². The zero-order chi connectivity index (χ0) is 16.5. The SMILES string of the molecule is O=C(NCc1cnc(C2CC2)cn1)c1ccc2c(c1)CCCC2=O. The van der Waals surface area contributed by atoms with Crippen LogP contribution in [0.15, 0.2) is 30.6 Å². The highest BCUT2D eigenvalue weighted by Crippen LogP contribution is 2.38. The molecule has 5 nitrogen and oxygen atoms in total. The zero-order valence-corrected chi connectivity index (χ0v) is 13.4. The third-order valence-corrected chi connectivity index (χ3v) is 4.67. The Kier molecular flexibility index (Phi) is 3.84. The first-order valence-electron chi connectivity index (χ1n) is 8.46. The fourth-order valence-corrected chi connectivity index (χ4v) is 3.11. The van der Waals surface area contributed by atoms with Crippen LogP contribution in [0, 0.1) is 0 Å². The van der Waals surface area contributed by atoms with Crippen LogP contribution in [0.25, 0.3) is 0 Å². The maximum Gasteiger partial charge on any atom is 0.251 e. The van der Waals surface area contributed by atoms with E-state index in [4.69, 9.17) is 0 Å². The summed E-state index contributed by atoms with van der Waals surface area (Å²) in [7, 11) is 0. The summed E-state index contributed by atoms with van der Waals surface area (Å²) in [6, 6.07) is 5.33. The van der Waals surface area contributed by atoms with Crippen molar-refractivity contribution in [1.82, 2.24) is 15.3 Å². The smallest absolute Gasteiger partial charge is 0.251 e. The predicted octanol–water partition coefficient (Wildman–Crippen LogP) is 2.80. The van der Waals surface area contributed by atoms with Crippen LogP contribution in [-0.2, 0) is 13.0 Å². The van der Waals surface area contributed by atoms with Gasteiger partial charge in [0, 0.05) is 29.7 Å². The third kappa shape index (κ3) is 3.07. The molecule has 1 heterocycles. The van der Waals surface area contributed by atoms with E-state index in [1.165, 1.54) is 12.8 Å². The summed E-state index contributed by atoms with van der Waals surface area (Å²) < 4.78 is 0. The highest BCUT2D eigenvalue weighted by molar-refractivity contribution is 6.00. The van der Waals surface area contributed by atoms with Crippen LogP contribution in [-0.4, -0.2) is 21.7 Å². The molecule has 1 fully saturated rings. The number of ketones is 1. The molecule has 2 aliphatic rings. The number of hydrogen-bond donors (Lipinski definition) is 1. The number of carbonyl (C=O) groups is 2. The summed E-state index contributed by atoms with van der Waals surface area (Å²) in [5.74, 6) is 0.609. The topological polar surface area (TPSA) is 72.0 Å². The molecule has 24 heavy (non-hydrogen) atoms. The van der Waals surface area contributed by atoms with Crippen molar-refractivity contribution in [2.75, 3.05) is 0 Å². The van der Waals surface area contributed by atoms with Crippen molar-refractivity contribution < 1.29 is 9.59 Å². The highest BCUT2D eigenvalue weighted by Gasteiger charge is 2.25. The molecular weight excluding hydrogens is 302 g/mol. The van der Waals surface area contributed by atoms with Crippen LogP contribution in [0.5, 0.6) is 0 Å². The molecular formula is C19H19N3O2. The molecule has 122 valence electrons. The molecule has 1 N–H and O–H groups in total. The van der Waals surface area contributed by atoms with Crippen molar-refractivity contribution in [3.05, 3.63) is 58.7 Å². The number of nitrogens with one attached hydrogen (secondary N) is 1. The van der Waals surface area contributed by atoms with Gasteiger partial charge in [-0.05, 0) is 43.4 Å². The molecule has 0 radical (unpaired) electrons. The second-order valence-corrected chi connectivity index (χ2v) is 6.54. The molecule has 1 aromatic heterocycles. The number of rotatable bonds is 4. The molecule has 2 aromatic rings. The quantitative estimate of drug-likeness (QED) is 0.940. The Morgan fingerprint density at radius 1 is 1.17 bits per heavy atom. The Bertz CT molecular complexity index is 795. The first kappa shape index (κ1) is 15.0. The minimum atomic E-state index is -0.149. The van der Waals surface area contributed by atoms with Crippen molar-refractivity contribution >= 4 is 11.7 Å². The summed E-state index contributed by atoms with van der Waals surface area (Å²) in [4.78, 5) is 32.9. The van der Waals surface area contributed by atoms with Crippen LogP contribution in [0.1, 0.15) is 69.3 Å². The minimum absolute atomic E-state index is 0.149. The van der Waals surface area contributed by atoms with Crippen molar-refractivity contribution in [2.45, 2.75) is 44.6 Å². The highest BCUT2D eigenvalue weighted by atomic mass is 16.1. The van der Waals surface area contributed by atoms with Gasteiger partial charge in [-0.25, -0.2) is 0 Å². The van der Waals surface area contributed by atoms with Gasteiger partial charge in [0.15, 0.2) is 5.78 Å². The van der Waals surface area contributed by atoms with E-state index in [2.05, 4.69) is 15.3 Å². The van der Waals surface area contributed by atoms with E-state index in [1.807, 2.05) is 12.3 Å².